The molecule has 26 heavy (non-hydrogen) atoms. The molecular formula is C23H41NO2. The predicted octanol–water partition coefficient (Wildman–Crippen LogP) is 5.70. The average molecular weight is 364 g/mol. The SMILES string of the molecule is CC1(C)CC2(CC(C)(C)N1)OC1(CCCCCCCCCCC1)CC2=O. The molecule has 1 saturated carbocycles. The van der Waals surface area contributed by atoms with Crippen LogP contribution in [0.25, 0.3) is 0 Å². The first-order valence-corrected chi connectivity index (χ1v) is 11.2. The van der Waals surface area contributed by atoms with Crippen LogP contribution >= 0.6 is 0 Å². The van der Waals surface area contributed by atoms with Gasteiger partial charge in [0.15, 0.2) is 5.78 Å². The Morgan fingerprint density at radius 1 is 0.731 bits per heavy atom. The highest BCUT2D eigenvalue weighted by molar-refractivity contribution is 5.90. The van der Waals surface area contributed by atoms with Gasteiger partial charge in [-0.15, -0.1) is 0 Å². The monoisotopic (exact) mass is 363 g/mol. The van der Waals surface area contributed by atoms with E-state index in [0.717, 1.165) is 25.7 Å². The van der Waals surface area contributed by atoms with Crippen molar-refractivity contribution in [3.63, 3.8) is 0 Å². The molecule has 3 fully saturated rings. The maximum Gasteiger partial charge on any atom is 0.167 e. The van der Waals surface area contributed by atoms with Gasteiger partial charge in [0.2, 0.25) is 0 Å². The fraction of sp³-hybridized carbons (Fsp3) is 0.957. The summed E-state index contributed by atoms with van der Waals surface area (Å²) in [6.07, 6.45) is 16.3. The van der Waals surface area contributed by atoms with Gasteiger partial charge in [-0.3, -0.25) is 4.79 Å². The van der Waals surface area contributed by atoms with E-state index < -0.39 is 5.60 Å². The Hall–Kier alpha value is -0.410. The summed E-state index contributed by atoms with van der Waals surface area (Å²) in [4.78, 5) is 13.3. The van der Waals surface area contributed by atoms with Crippen molar-refractivity contribution in [2.75, 3.05) is 0 Å². The molecule has 2 aliphatic heterocycles. The first kappa shape index (κ1) is 20.3. The van der Waals surface area contributed by atoms with E-state index in [1.54, 1.807) is 0 Å². The van der Waals surface area contributed by atoms with Crippen LogP contribution in [0.15, 0.2) is 0 Å². The van der Waals surface area contributed by atoms with Crippen molar-refractivity contribution in [1.82, 2.24) is 5.32 Å². The lowest BCUT2D eigenvalue weighted by molar-refractivity contribution is -0.164. The van der Waals surface area contributed by atoms with Crippen molar-refractivity contribution in [3.8, 4) is 0 Å². The molecule has 0 aromatic rings. The summed E-state index contributed by atoms with van der Waals surface area (Å²) >= 11 is 0. The van der Waals surface area contributed by atoms with Gasteiger partial charge in [-0.25, -0.2) is 0 Å². The molecule has 1 aliphatic carbocycles. The second-order valence-corrected chi connectivity index (χ2v) is 10.8. The molecule has 0 unspecified atom stereocenters. The average Bonchev–Trinajstić information content (AvgIpc) is 2.71. The van der Waals surface area contributed by atoms with Gasteiger partial charge in [0.1, 0.15) is 5.60 Å². The Labute approximate surface area is 161 Å². The summed E-state index contributed by atoms with van der Waals surface area (Å²) in [5.74, 6) is 0.382. The molecular weight excluding hydrogens is 322 g/mol. The van der Waals surface area contributed by atoms with Gasteiger partial charge < -0.3 is 10.1 Å². The number of carbonyl (C=O) groups excluding carboxylic acids is 1. The van der Waals surface area contributed by atoms with Crippen molar-refractivity contribution in [1.29, 1.82) is 0 Å². The first-order valence-electron chi connectivity index (χ1n) is 11.2. The summed E-state index contributed by atoms with van der Waals surface area (Å²) in [6, 6.07) is 0. The van der Waals surface area contributed by atoms with Gasteiger partial charge in [0.05, 0.1) is 5.60 Å². The van der Waals surface area contributed by atoms with E-state index in [0.29, 0.717) is 12.2 Å². The Kier molecular flexibility index (Phi) is 5.90. The number of piperidine rings is 1. The minimum Gasteiger partial charge on any atom is -0.360 e. The fourth-order valence-corrected chi connectivity index (χ4v) is 6.26. The molecule has 1 N–H and O–H groups in total. The minimum atomic E-state index is -0.560. The Balaban J connectivity index is 1.78. The summed E-state index contributed by atoms with van der Waals surface area (Å²) in [7, 11) is 0. The number of carbonyl (C=O) groups is 1. The molecule has 0 amide bonds. The van der Waals surface area contributed by atoms with E-state index >= 15 is 0 Å². The smallest absolute Gasteiger partial charge is 0.167 e. The molecule has 3 aliphatic rings. The largest absolute Gasteiger partial charge is 0.360 e. The third-order valence-corrected chi connectivity index (χ3v) is 6.80. The second kappa shape index (κ2) is 7.54. The van der Waals surface area contributed by atoms with E-state index in [2.05, 4.69) is 33.0 Å². The van der Waals surface area contributed by atoms with Gasteiger partial charge in [0, 0.05) is 30.3 Å². The summed E-state index contributed by atoms with van der Waals surface area (Å²) in [5.41, 5.74) is -0.863. The van der Waals surface area contributed by atoms with Crippen LogP contribution in [0.3, 0.4) is 0 Å². The van der Waals surface area contributed by atoms with Crippen LogP contribution in [0.5, 0.6) is 0 Å². The van der Waals surface area contributed by atoms with Crippen LogP contribution in [0.4, 0.5) is 0 Å². The molecule has 0 atom stereocenters. The van der Waals surface area contributed by atoms with Crippen LogP contribution in [0.2, 0.25) is 0 Å². The van der Waals surface area contributed by atoms with Crippen molar-refractivity contribution >= 4 is 5.78 Å². The Morgan fingerprint density at radius 3 is 1.62 bits per heavy atom. The Morgan fingerprint density at radius 2 is 1.15 bits per heavy atom. The summed E-state index contributed by atoms with van der Waals surface area (Å²) < 4.78 is 6.92. The van der Waals surface area contributed by atoms with Crippen LogP contribution in [0.1, 0.15) is 118 Å². The van der Waals surface area contributed by atoms with E-state index in [4.69, 9.17) is 4.74 Å². The van der Waals surface area contributed by atoms with Gasteiger partial charge in [-0.05, 0) is 40.5 Å². The number of Topliss-reactive ketones (excluding diaryl/α,β-unsaturated/α-hetero) is 1. The lowest BCUT2D eigenvalue weighted by atomic mass is 9.71. The van der Waals surface area contributed by atoms with Gasteiger partial charge in [-0.1, -0.05) is 57.8 Å². The summed E-state index contributed by atoms with van der Waals surface area (Å²) in [5, 5.41) is 3.72. The molecule has 2 saturated heterocycles. The molecule has 0 aromatic heterocycles. The van der Waals surface area contributed by atoms with Crippen LogP contribution in [0, 0.1) is 0 Å². The number of hydrogen-bond acceptors (Lipinski definition) is 3. The highest BCUT2D eigenvalue weighted by atomic mass is 16.5. The molecule has 0 bridgehead atoms. The zero-order valence-electron chi connectivity index (χ0n) is 17.7. The normalized spacial score (nSPS) is 31.5. The molecule has 150 valence electrons. The summed E-state index contributed by atoms with van der Waals surface area (Å²) in [6.45, 7) is 8.88. The number of ketones is 1. The number of rotatable bonds is 0. The molecule has 0 aromatic carbocycles. The second-order valence-electron chi connectivity index (χ2n) is 10.8. The van der Waals surface area contributed by atoms with Crippen molar-refractivity contribution in [2.24, 2.45) is 0 Å². The highest BCUT2D eigenvalue weighted by Gasteiger charge is 2.60. The molecule has 3 heteroatoms. The quantitative estimate of drug-likeness (QED) is 0.600. The molecule has 0 radical (unpaired) electrons. The first-order chi connectivity index (χ1) is 12.2. The van der Waals surface area contributed by atoms with E-state index in [1.807, 2.05) is 0 Å². The highest BCUT2D eigenvalue weighted by Crippen LogP contribution is 2.50. The van der Waals surface area contributed by atoms with E-state index in [1.165, 1.54) is 57.8 Å². The molecule has 2 spiro atoms. The number of hydrogen-bond donors (Lipinski definition) is 1. The topological polar surface area (TPSA) is 38.3 Å². The van der Waals surface area contributed by atoms with Gasteiger partial charge in [-0.2, -0.15) is 0 Å². The van der Waals surface area contributed by atoms with E-state index in [-0.39, 0.29) is 16.7 Å². The Bertz CT molecular complexity index is 480. The number of nitrogens with one attached hydrogen (secondary N) is 1. The maximum absolute atomic E-state index is 13.3. The zero-order valence-corrected chi connectivity index (χ0v) is 17.7. The van der Waals surface area contributed by atoms with E-state index in [9.17, 15) is 4.79 Å². The standard InChI is InChI=1S/C23H41NO2/c1-20(2)17-23(18-21(3,4)24-20)19(25)16-22(26-23)14-12-10-8-6-5-7-9-11-13-15-22/h24H,5-18H2,1-4H3. The van der Waals surface area contributed by atoms with Gasteiger partial charge >= 0.3 is 0 Å². The van der Waals surface area contributed by atoms with Crippen molar-refractivity contribution in [3.05, 3.63) is 0 Å². The van der Waals surface area contributed by atoms with Crippen LogP contribution < -0.4 is 5.32 Å². The molecule has 3 rings (SSSR count). The van der Waals surface area contributed by atoms with Crippen LogP contribution in [-0.2, 0) is 9.53 Å². The van der Waals surface area contributed by atoms with Crippen molar-refractivity contribution < 1.29 is 9.53 Å². The zero-order chi connectivity index (χ0) is 18.9. The predicted molar refractivity (Wildman–Crippen MR) is 107 cm³/mol. The lowest BCUT2D eigenvalue weighted by Crippen LogP contribution is -2.65. The van der Waals surface area contributed by atoms with Crippen LogP contribution in [-0.4, -0.2) is 28.1 Å². The number of ether oxygens (including phenoxy) is 1. The lowest BCUT2D eigenvalue weighted by Gasteiger charge is -2.51. The van der Waals surface area contributed by atoms with Gasteiger partial charge in [0.25, 0.3) is 0 Å². The maximum atomic E-state index is 13.3. The fourth-order valence-electron chi connectivity index (χ4n) is 6.26. The molecule has 2 heterocycles. The third kappa shape index (κ3) is 4.70. The third-order valence-electron chi connectivity index (χ3n) is 6.80. The van der Waals surface area contributed by atoms with Crippen molar-refractivity contribution in [2.45, 2.75) is 140 Å². The molecule has 3 nitrogen and oxygen atoms in total. The minimum absolute atomic E-state index is 0.0612.